The Balaban J connectivity index is 1.58. The summed E-state index contributed by atoms with van der Waals surface area (Å²) in [7, 11) is 0. The molecule has 2 amide bonds. The third-order valence-corrected chi connectivity index (χ3v) is 5.78. The molecular weight excluding hydrogens is 400 g/mol. The molecule has 4 rings (SSSR count). The van der Waals surface area contributed by atoms with E-state index in [0.717, 1.165) is 30.4 Å². The first-order valence-corrected chi connectivity index (χ1v) is 11.4. The van der Waals surface area contributed by atoms with Crippen LogP contribution in [0.1, 0.15) is 48.5 Å². The molecule has 1 unspecified atom stereocenters. The molecular formula is C26H30N4O2. The minimum atomic E-state index is -0.0300. The van der Waals surface area contributed by atoms with Gasteiger partial charge in [-0.05, 0) is 24.8 Å². The smallest absolute Gasteiger partial charge is 0.257 e. The highest BCUT2D eigenvalue weighted by Crippen LogP contribution is 2.25. The van der Waals surface area contributed by atoms with Crippen LogP contribution in [0.3, 0.4) is 0 Å². The number of rotatable bonds is 7. The number of carbonyl (C=O) groups excluding carboxylic acids is 2. The first-order valence-electron chi connectivity index (χ1n) is 11.4. The predicted octanol–water partition coefficient (Wildman–Crippen LogP) is 4.12. The molecule has 0 radical (unpaired) electrons. The zero-order valence-corrected chi connectivity index (χ0v) is 18.5. The Morgan fingerprint density at radius 3 is 2.50 bits per heavy atom. The Hall–Kier alpha value is -3.41. The molecule has 3 aromatic rings. The zero-order chi connectivity index (χ0) is 22.3. The van der Waals surface area contributed by atoms with Gasteiger partial charge in [-0.25, -0.2) is 0 Å². The number of hydrogen-bond acceptors (Lipinski definition) is 3. The minimum Gasteiger partial charge on any atom is -0.352 e. The maximum Gasteiger partial charge on any atom is 0.257 e. The lowest BCUT2D eigenvalue weighted by Gasteiger charge is -2.33. The van der Waals surface area contributed by atoms with E-state index in [2.05, 4.69) is 17.4 Å². The van der Waals surface area contributed by atoms with Crippen LogP contribution >= 0.6 is 0 Å². The minimum absolute atomic E-state index is 0.00582. The van der Waals surface area contributed by atoms with Crippen molar-refractivity contribution in [3.63, 3.8) is 0 Å². The van der Waals surface area contributed by atoms with Crippen LogP contribution in [0.4, 0.5) is 0 Å². The average molecular weight is 431 g/mol. The normalized spacial score (nSPS) is 16.0. The van der Waals surface area contributed by atoms with Gasteiger partial charge in [0, 0.05) is 37.3 Å². The number of nitrogens with one attached hydrogen (secondary N) is 1. The number of nitrogens with zero attached hydrogens (tertiary/aromatic N) is 3. The second-order valence-electron chi connectivity index (χ2n) is 8.35. The van der Waals surface area contributed by atoms with Gasteiger partial charge < -0.3 is 10.2 Å². The summed E-state index contributed by atoms with van der Waals surface area (Å²) in [6.45, 7) is 3.82. The number of benzene rings is 2. The Labute approximate surface area is 189 Å². The Morgan fingerprint density at radius 2 is 1.78 bits per heavy atom. The molecule has 1 saturated heterocycles. The molecule has 6 heteroatoms. The van der Waals surface area contributed by atoms with Gasteiger partial charge in [0.2, 0.25) is 5.91 Å². The van der Waals surface area contributed by atoms with Crippen molar-refractivity contribution >= 4 is 11.8 Å². The van der Waals surface area contributed by atoms with Crippen LogP contribution in [0, 0.1) is 0 Å². The van der Waals surface area contributed by atoms with Crippen LogP contribution < -0.4 is 5.32 Å². The van der Waals surface area contributed by atoms with Gasteiger partial charge in [-0.2, -0.15) is 5.10 Å². The van der Waals surface area contributed by atoms with Crippen LogP contribution in [0.25, 0.3) is 11.3 Å². The summed E-state index contributed by atoms with van der Waals surface area (Å²) in [5, 5.41) is 7.87. The molecule has 6 nitrogen and oxygen atoms in total. The molecule has 2 aromatic carbocycles. The highest BCUT2D eigenvalue weighted by atomic mass is 16.2. The van der Waals surface area contributed by atoms with Gasteiger partial charge in [-0.1, -0.05) is 67.6 Å². The number of likely N-dealkylation sites (tertiary alicyclic amines) is 1. The lowest BCUT2D eigenvalue weighted by atomic mass is 10.0. The number of aromatic nitrogens is 2. The molecule has 1 aromatic heterocycles. The van der Waals surface area contributed by atoms with Crippen molar-refractivity contribution in [2.45, 2.75) is 45.2 Å². The number of carbonyl (C=O) groups is 2. The quantitative estimate of drug-likeness (QED) is 0.613. The molecule has 166 valence electrons. The molecule has 0 spiro atoms. The molecule has 32 heavy (non-hydrogen) atoms. The fourth-order valence-corrected chi connectivity index (χ4v) is 4.22. The first kappa shape index (κ1) is 21.8. The van der Waals surface area contributed by atoms with Crippen LogP contribution in [0.2, 0.25) is 0 Å². The van der Waals surface area contributed by atoms with Gasteiger partial charge >= 0.3 is 0 Å². The number of amides is 2. The van der Waals surface area contributed by atoms with Crippen LogP contribution in [0.15, 0.2) is 66.9 Å². The van der Waals surface area contributed by atoms with Crippen molar-refractivity contribution in [3.05, 3.63) is 78.0 Å². The van der Waals surface area contributed by atoms with E-state index in [0.29, 0.717) is 37.3 Å². The molecule has 1 atom stereocenters. The fraction of sp³-hybridized carbons (Fsp3) is 0.346. The predicted molar refractivity (Wildman–Crippen MR) is 125 cm³/mol. The molecule has 2 heterocycles. The topological polar surface area (TPSA) is 67.2 Å². The molecule has 0 bridgehead atoms. The van der Waals surface area contributed by atoms with Gasteiger partial charge in [0.05, 0.1) is 12.1 Å². The lowest BCUT2D eigenvalue weighted by molar-refractivity contribution is -0.122. The van der Waals surface area contributed by atoms with Gasteiger partial charge in [0.15, 0.2) is 0 Å². The highest BCUT2D eigenvalue weighted by Gasteiger charge is 2.28. The van der Waals surface area contributed by atoms with Gasteiger partial charge in [-0.15, -0.1) is 0 Å². The average Bonchev–Trinajstić information content (AvgIpc) is 3.24. The Morgan fingerprint density at radius 1 is 1.06 bits per heavy atom. The van der Waals surface area contributed by atoms with E-state index in [-0.39, 0.29) is 17.9 Å². The third-order valence-electron chi connectivity index (χ3n) is 5.78. The van der Waals surface area contributed by atoms with Crippen molar-refractivity contribution in [3.8, 4) is 11.3 Å². The van der Waals surface area contributed by atoms with Crippen LogP contribution in [-0.4, -0.2) is 45.6 Å². The highest BCUT2D eigenvalue weighted by molar-refractivity contribution is 6.00. The molecule has 1 aliphatic rings. The van der Waals surface area contributed by atoms with Gasteiger partial charge in [0.1, 0.15) is 5.69 Å². The summed E-state index contributed by atoms with van der Waals surface area (Å²) >= 11 is 0. The second kappa shape index (κ2) is 10.3. The lowest BCUT2D eigenvalue weighted by Crippen LogP contribution is -2.49. The van der Waals surface area contributed by atoms with Crippen LogP contribution in [-0.2, 0) is 11.3 Å². The van der Waals surface area contributed by atoms with E-state index in [1.165, 1.54) is 0 Å². The molecule has 1 N–H and O–H groups in total. The van der Waals surface area contributed by atoms with Crippen molar-refractivity contribution in [1.29, 1.82) is 0 Å². The van der Waals surface area contributed by atoms with Crippen LogP contribution in [0.5, 0.6) is 0 Å². The van der Waals surface area contributed by atoms with E-state index in [1.54, 1.807) is 0 Å². The van der Waals surface area contributed by atoms with Gasteiger partial charge in [0.25, 0.3) is 5.91 Å². The second-order valence-corrected chi connectivity index (χ2v) is 8.35. The summed E-state index contributed by atoms with van der Waals surface area (Å²) in [6.07, 6.45) is 4.98. The van der Waals surface area contributed by atoms with Crippen molar-refractivity contribution < 1.29 is 9.59 Å². The number of piperidine rings is 1. The molecule has 1 fully saturated rings. The Kier molecular flexibility index (Phi) is 7.00. The largest absolute Gasteiger partial charge is 0.352 e. The summed E-state index contributed by atoms with van der Waals surface area (Å²) in [4.78, 5) is 27.5. The SMILES string of the molecule is CCCC(=O)NC1CCCN(C(=O)c2cn(Cc3ccccc3)nc2-c2ccccc2)C1. The number of hydrogen-bond donors (Lipinski definition) is 1. The van der Waals surface area contributed by atoms with Gasteiger partial charge in [-0.3, -0.25) is 14.3 Å². The zero-order valence-electron chi connectivity index (χ0n) is 18.5. The van der Waals surface area contributed by atoms with Crippen molar-refractivity contribution in [1.82, 2.24) is 20.0 Å². The van der Waals surface area contributed by atoms with Crippen molar-refractivity contribution in [2.24, 2.45) is 0 Å². The molecule has 1 aliphatic heterocycles. The summed E-state index contributed by atoms with van der Waals surface area (Å²) < 4.78 is 1.84. The summed E-state index contributed by atoms with van der Waals surface area (Å²) in [5.74, 6) is 0.0325. The summed E-state index contributed by atoms with van der Waals surface area (Å²) in [6, 6.07) is 20.0. The first-order chi connectivity index (χ1) is 15.6. The van der Waals surface area contributed by atoms with E-state index in [9.17, 15) is 9.59 Å². The molecule has 0 aliphatic carbocycles. The van der Waals surface area contributed by atoms with E-state index in [4.69, 9.17) is 5.10 Å². The summed E-state index contributed by atoms with van der Waals surface area (Å²) in [5.41, 5.74) is 3.36. The van der Waals surface area contributed by atoms with E-state index in [1.807, 2.05) is 71.2 Å². The maximum atomic E-state index is 13.6. The van der Waals surface area contributed by atoms with E-state index >= 15 is 0 Å². The van der Waals surface area contributed by atoms with E-state index < -0.39 is 0 Å². The third kappa shape index (κ3) is 5.25. The van der Waals surface area contributed by atoms with Crippen molar-refractivity contribution in [2.75, 3.05) is 13.1 Å². The standard InChI is InChI=1S/C26H30N4O2/c1-2-10-24(31)27-22-15-9-16-29(18-22)26(32)23-19-30(17-20-11-5-3-6-12-20)28-25(23)21-13-7-4-8-14-21/h3-8,11-14,19,22H,2,9-10,15-18H2,1H3,(H,27,31). The Bertz CT molecular complexity index is 1050. The fourth-order valence-electron chi connectivity index (χ4n) is 4.22. The maximum absolute atomic E-state index is 13.6. The monoisotopic (exact) mass is 430 g/mol. The molecule has 0 saturated carbocycles.